The minimum atomic E-state index is -0.0663. The maximum Gasteiger partial charge on any atom is 0.255 e. The molecular weight excluding hydrogens is 298 g/mol. The van der Waals surface area contributed by atoms with E-state index in [1.807, 2.05) is 38.7 Å². The Kier molecular flexibility index (Phi) is 4.04. The number of carbonyl (C=O) groups excluding carboxylic acids is 1. The smallest absolute Gasteiger partial charge is 0.255 e. The minimum Gasteiger partial charge on any atom is -0.339 e. The van der Waals surface area contributed by atoms with Gasteiger partial charge in [-0.05, 0) is 32.8 Å². The average molecular weight is 319 g/mol. The van der Waals surface area contributed by atoms with Crippen molar-refractivity contribution in [1.29, 1.82) is 0 Å². The quantitative estimate of drug-likeness (QED) is 0.862. The fourth-order valence-corrected chi connectivity index (χ4v) is 3.81. The molecule has 1 fully saturated rings. The van der Waals surface area contributed by atoms with E-state index in [4.69, 9.17) is 4.52 Å². The number of hydrogen-bond donors (Lipinski definition) is 0. The van der Waals surface area contributed by atoms with E-state index in [-0.39, 0.29) is 17.9 Å². The Balaban J connectivity index is 1.86. The molecule has 1 unspecified atom stereocenters. The van der Waals surface area contributed by atoms with Crippen LogP contribution in [0.5, 0.6) is 0 Å². The Morgan fingerprint density at radius 3 is 2.82 bits per heavy atom. The van der Waals surface area contributed by atoms with Gasteiger partial charge < -0.3 is 9.42 Å². The molecule has 1 aliphatic heterocycles. The van der Waals surface area contributed by atoms with Crippen molar-refractivity contribution in [2.45, 2.75) is 52.5 Å². The number of aromatic nitrogens is 2. The van der Waals surface area contributed by atoms with Crippen molar-refractivity contribution in [2.24, 2.45) is 0 Å². The lowest BCUT2D eigenvalue weighted by atomic mass is 10.1. The molecule has 0 aliphatic carbocycles. The topological polar surface area (TPSA) is 59.2 Å². The number of carbonyl (C=O) groups is 1. The van der Waals surface area contributed by atoms with Gasteiger partial charge in [-0.15, -0.1) is 11.3 Å². The molecule has 0 saturated carbocycles. The van der Waals surface area contributed by atoms with Crippen LogP contribution in [-0.4, -0.2) is 27.5 Å². The normalized spacial score (nSPS) is 18.4. The molecule has 0 aromatic carbocycles. The highest BCUT2D eigenvalue weighted by Gasteiger charge is 2.34. The number of hydrogen-bond acceptors (Lipinski definition) is 5. The van der Waals surface area contributed by atoms with Gasteiger partial charge in [0.1, 0.15) is 0 Å². The van der Waals surface area contributed by atoms with Crippen molar-refractivity contribution in [3.8, 4) is 0 Å². The first-order chi connectivity index (χ1) is 10.5. The third kappa shape index (κ3) is 2.67. The van der Waals surface area contributed by atoms with Crippen molar-refractivity contribution < 1.29 is 9.32 Å². The van der Waals surface area contributed by atoms with Gasteiger partial charge in [0.15, 0.2) is 5.82 Å². The van der Waals surface area contributed by atoms with Crippen LogP contribution in [0.2, 0.25) is 0 Å². The molecule has 0 spiro atoms. The van der Waals surface area contributed by atoms with Crippen LogP contribution in [0.15, 0.2) is 10.6 Å². The van der Waals surface area contributed by atoms with Gasteiger partial charge in [-0.1, -0.05) is 19.0 Å². The number of amides is 1. The Hall–Kier alpha value is -1.69. The molecule has 1 atom stereocenters. The average Bonchev–Trinajstić information content (AvgIpc) is 3.15. The first-order valence-corrected chi connectivity index (χ1v) is 8.50. The first kappa shape index (κ1) is 15.2. The summed E-state index contributed by atoms with van der Waals surface area (Å²) in [6.07, 6.45) is 1.87. The van der Waals surface area contributed by atoms with Crippen LogP contribution in [0, 0.1) is 13.8 Å². The summed E-state index contributed by atoms with van der Waals surface area (Å²) in [5.74, 6) is 1.56. The molecule has 1 amide bonds. The van der Waals surface area contributed by atoms with Gasteiger partial charge in [-0.25, -0.2) is 0 Å². The van der Waals surface area contributed by atoms with Gasteiger partial charge in [-0.3, -0.25) is 4.79 Å². The van der Waals surface area contributed by atoms with Crippen LogP contribution < -0.4 is 0 Å². The SMILES string of the molecule is Cc1cc(C(=O)N2CCCC2c2noc(C(C)C)n2)c(C)s1. The van der Waals surface area contributed by atoms with Crippen LogP contribution in [0.3, 0.4) is 0 Å². The summed E-state index contributed by atoms with van der Waals surface area (Å²) >= 11 is 1.66. The van der Waals surface area contributed by atoms with Crippen LogP contribution in [-0.2, 0) is 0 Å². The summed E-state index contributed by atoms with van der Waals surface area (Å²) in [6, 6.07) is 1.91. The van der Waals surface area contributed by atoms with Crippen LogP contribution in [0.4, 0.5) is 0 Å². The first-order valence-electron chi connectivity index (χ1n) is 7.69. The van der Waals surface area contributed by atoms with Gasteiger partial charge >= 0.3 is 0 Å². The van der Waals surface area contributed by atoms with Crippen molar-refractivity contribution in [3.05, 3.63) is 33.1 Å². The summed E-state index contributed by atoms with van der Waals surface area (Å²) < 4.78 is 5.30. The molecule has 5 nitrogen and oxygen atoms in total. The summed E-state index contributed by atoms with van der Waals surface area (Å²) in [5.41, 5.74) is 0.807. The highest BCUT2D eigenvalue weighted by Crippen LogP contribution is 2.33. The summed E-state index contributed by atoms with van der Waals surface area (Å²) in [4.78, 5) is 21.5. The molecule has 3 rings (SSSR count). The highest BCUT2D eigenvalue weighted by atomic mass is 32.1. The van der Waals surface area contributed by atoms with E-state index in [0.717, 1.165) is 29.8 Å². The van der Waals surface area contributed by atoms with Gasteiger partial charge in [-0.2, -0.15) is 4.98 Å². The molecule has 118 valence electrons. The Morgan fingerprint density at radius 2 is 2.23 bits per heavy atom. The molecule has 22 heavy (non-hydrogen) atoms. The number of aryl methyl sites for hydroxylation is 2. The number of likely N-dealkylation sites (tertiary alicyclic amines) is 1. The largest absolute Gasteiger partial charge is 0.339 e. The molecule has 6 heteroatoms. The van der Waals surface area contributed by atoms with Crippen LogP contribution in [0.25, 0.3) is 0 Å². The fraction of sp³-hybridized carbons (Fsp3) is 0.562. The molecule has 3 heterocycles. The predicted molar refractivity (Wildman–Crippen MR) is 85.2 cm³/mol. The molecule has 1 aliphatic rings. The fourth-order valence-electron chi connectivity index (χ4n) is 2.89. The van der Waals surface area contributed by atoms with Crippen molar-refractivity contribution in [3.63, 3.8) is 0 Å². The van der Waals surface area contributed by atoms with Gasteiger partial charge in [0.2, 0.25) is 5.89 Å². The lowest BCUT2D eigenvalue weighted by Crippen LogP contribution is -2.31. The second-order valence-electron chi connectivity index (χ2n) is 6.13. The van der Waals surface area contributed by atoms with Crippen LogP contribution >= 0.6 is 11.3 Å². The second-order valence-corrected chi connectivity index (χ2v) is 7.59. The number of rotatable bonds is 3. The van der Waals surface area contributed by atoms with Crippen molar-refractivity contribution in [1.82, 2.24) is 15.0 Å². The van der Waals surface area contributed by atoms with Crippen molar-refractivity contribution in [2.75, 3.05) is 6.54 Å². The molecule has 1 saturated heterocycles. The van der Waals surface area contributed by atoms with E-state index >= 15 is 0 Å². The van der Waals surface area contributed by atoms with Gasteiger partial charge in [0.25, 0.3) is 5.91 Å². The van der Waals surface area contributed by atoms with E-state index in [2.05, 4.69) is 10.1 Å². The highest BCUT2D eigenvalue weighted by molar-refractivity contribution is 7.12. The predicted octanol–water partition coefficient (Wildman–Crippen LogP) is 3.85. The van der Waals surface area contributed by atoms with E-state index in [9.17, 15) is 4.79 Å². The number of thiophene rings is 1. The summed E-state index contributed by atoms with van der Waals surface area (Å²) in [7, 11) is 0. The zero-order chi connectivity index (χ0) is 15.9. The Morgan fingerprint density at radius 1 is 1.45 bits per heavy atom. The lowest BCUT2D eigenvalue weighted by Gasteiger charge is -2.22. The standard InChI is InChI=1S/C16H21N3O2S/c1-9(2)15-17-14(18-21-15)13-6-5-7-19(13)16(20)12-8-10(3)22-11(12)4/h8-9,13H,5-7H2,1-4H3. The van der Waals surface area contributed by atoms with Gasteiger partial charge in [0.05, 0.1) is 11.6 Å². The van der Waals surface area contributed by atoms with Gasteiger partial charge in [0, 0.05) is 22.2 Å². The molecular formula is C16H21N3O2S. The Bertz CT molecular complexity index is 689. The van der Waals surface area contributed by atoms with Crippen molar-refractivity contribution >= 4 is 17.2 Å². The molecule has 2 aromatic rings. The summed E-state index contributed by atoms with van der Waals surface area (Å²) in [6.45, 7) is 8.83. The van der Waals surface area contributed by atoms with E-state index in [1.165, 1.54) is 4.88 Å². The minimum absolute atomic E-state index is 0.0663. The van der Waals surface area contributed by atoms with E-state index in [1.54, 1.807) is 11.3 Å². The zero-order valence-corrected chi connectivity index (χ0v) is 14.2. The molecule has 0 radical (unpaired) electrons. The summed E-state index contributed by atoms with van der Waals surface area (Å²) in [5, 5.41) is 4.10. The Labute approximate surface area is 134 Å². The third-order valence-electron chi connectivity index (χ3n) is 4.03. The van der Waals surface area contributed by atoms with Crippen LogP contribution in [0.1, 0.15) is 70.5 Å². The number of nitrogens with zero attached hydrogens (tertiary/aromatic N) is 3. The maximum absolute atomic E-state index is 12.9. The van der Waals surface area contributed by atoms with E-state index in [0.29, 0.717) is 11.7 Å². The monoisotopic (exact) mass is 319 g/mol. The molecule has 0 N–H and O–H groups in total. The zero-order valence-electron chi connectivity index (χ0n) is 13.4. The molecule has 0 bridgehead atoms. The third-order valence-corrected chi connectivity index (χ3v) is 5.00. The van der Waals surface area contributed by atoms with E-state index < -0.39 is 0 Å². The lowest BCUT2D eigenvalue weighted by molar-refractivity contribution is 0.0728. The maximum atomic E-state index is 12.9. The molecule has 2 aromatic heterocycles. The second kappa shape index (κ2) is 5.83.